The molecule has 1 fully saturated rings. The van der Waals surface area contributed by atoms with E-state index < -0.39 is 18.2 Å². The molecule has 0 saturated carbocycles. The molecule has 0 amide bonds. The second-order valence-corrected chi connectivity index (χ2v) is 4.58. The Hall–Kier alpha value is -0.910. The van der Waals surface area contributed by atoms with Gasteiger partial charge in [-0.3, -0.25) is 0 Å². The Labute approximate surface area is 108 Å². The topological polar surface area (TPSA) is 44.8 Å². The Balaban J connectivity index is 2.24. The molecule has 4 nitrogen and oxygen atoms in total. The van der Waals surface area contributed by atoms with Gasteiger partial charge in [0.15, 0.2) is 6.10 Å². The summed E-state index contributed by atoms with van der Waals surface area (Å²) in [5, 5.41) is 0. The molecule has 2 unspecified atom stereocenters. The second-order valence-electron chi connectivity index (χ2n) is 3.66. The molecular formula is C12H13BrO4. The number of methoxy groups -OCH3 is 1. The lowest BCUT2D eigenvalue weighted by Crippen LogP contribution is -2.39. The van der Waals surface area contributed by atoms with Crippen LogP contribution in [0.15, 0.2) is 28.7 Å². The SMILES string of the molecule is COC(=O)C1OCCOC1c1cccc(Br)c1. The highest BCUT2D eigenvalue weighted by molar-refractivity contribution is 9.10. The first-order chi connectivity index (χ1) is 8.22. The Kier molecular flexibility index (Phi) is 4.15. The van der Waals surface area contributed by atoms with Crippen molar-refractivity contribution in [2.75, 3.05) is 20.3 Å². The van der Waals surface area contributed by atoms with Gasteiger partial charge in [0, 0.05) is 4.47 Å². The van der Waals surface area contributed by atoms with Crippen molar-refractivity contribution >= 4 is 21.9 Å². The maximum atomic E-state index is 11.6. The third kappa shape index (κ3) is 2.86. The molecule has 2 atom stereocenters. The van der Waals surface area contributed by atoms with Crippen LogP contribution in [0.1, 0.15) is 11.7 Å². The fourth-order valence-electron chi connectivity index (χ4n) is 1.79. The molecule has 1 saturated heterocycles. The van der Waals surface area contributed by atoms with Crippen LogP contribution in [0.4, 0.5) is 0 Å². The Morgan fingerprint density at radius 1 is 1.41 bits per heavy atom. The van der Waals surface area contributed by atoms with Crippen LogP contribution < -0.4 is 0 Å². The molecule has 0 aliphatic carbocycles. The third-order valence-corrected chi connectivity index (χ3v) is 3.06. The first-order valence-electron chi connectivity index (χ1n) is 5.29. The standard InChI is InChI=1S/C12H13BrO4/c1-15-12(14)11-10(16-5-6-17-11)8-3-2-4-9(13)7-8/h2-4,7,10-11H,5-6H2,1H3. The highest BCUT2D eigenvalue weighted by Crippen LogP contribution is 2.29. The molecule has 0 bridgehead atoms. The first kappa shape index (κ1) is 12.5. The lowest BCUT2D eigenvalue weighted by atomic mass is 10.0. The van der Waals surface area contributed by atoms with Crippen LogP contribution in [0.2, 0.25) is 0 Å². The number of benzene rings is 1. The lowest BCUT2D eigenvalue weighted by molar-refractivity contribution is -0.184. The van der Waals surface area contributed by atoms with Gasteiger partial charge in [-0.05, 0) is 17.7 Å². The number of hydrogen-bond acceptors (Lipinski definition) is 4. The molecule has 0 aromatic heterocycles. The van der Waals surface area contributed by atoms with E-state index in [1.165, 1.54) is 7.11 Å². The molecule has 1 aromatic carbocycles. The molecule has 1 heterocycles. The van der Waals surface area contributed by atoms with Gasteiger partial charge >= 0.3 is 5.97 Å². The summed E-state index contributed by atoms with van der Waals surface area (Å²) in [4.78, 5) is 11.6. The Morgan fingerprint density at radius 3 is 2.88 bits per heavy atom. The summed E-state index contributed by atoms with van der Waals surface area (Å²) in [7, 11) is 1.35. The van der Waals surface area contributed by atoms with E-state index in [9.17, 15) is 4.79 Å². The van der Waals surface area contributed by atoms with E-state index >= 15 is 0 Å². The molecule has 0 N–H and O–H groups in total. The number of esters is 1. The van der Waals surface area contributed by atoms with Gasteiger partial charge in [0.25, 0.3) is 0 Å². The highest BCUT2D eigenvalue weighted by Gasteiger charge is 2.35. The summed E-state index contributed by atoms with van der Waals surface area (Å²) in [6, 6.07) is 7.63. The van der Waals surface area contributed by atoms with Crippen molar-refractivity contribution in [2.24, 2.45) is 0 Å². The van der Waals surface area contributed by atoms with E-state index in [4.69, 9.17) is 14.2 Å². The summed E-state index contributed by atoms with van der Waals surface area (Å²) in [5.74, 6) is -0.408. The summed E-state index contributed by atoms with van der Waals surface area (Å²) >= 11 is 3.39. The van der Waals surface area contributed by atoms with Gasteiger partial charge in [-0.2, -0.15) is 0 Å². The molecular weight excluding hydrogens is 288 g/mol. The van der Waals surface area contributed by atoms with Crippen LogP contribution >= 0.6 is 15.9 Å². The van der Waals surface area contributed by atoms with Gasteiger partial charge in [-0.15, -0.1) is 0 Å². The predicted molar refractivity (Wildman–Crippen MR) is 64.6 cm³/mol. The number of carbonyl (C=O) groups is 1. The lowest BCUT2D eigenvalue weighted by Gasteiger charge is -2.30. The maximum absolute atomic E-state index is 11.6. The quantitative estimate of drug-likeness (QED) is 0.785. The zero-order chi connectivity index (χ0) is 12.3. The van der Waals surface area contributed by atoms with Crippen LogP contribution in [0.5, 0.6) is 0 Å². The minimum Gasteiger partial charge on any atom is -0.467 e. The van der Waals surface area contributed by atoms with Crippen molar-refractivity contribution in [3.05, 3.63) is 34.3 Å². The number of rotatable bonds is 2. The van der Waals surface area contributed by atoms with Gasteiger partial charge in [0.2, 0.25) is 0 Å². The fourth-order valence-corrected chi connectivity index (χ4v) is 2.20. The van der Waals surface area contributed by atoms with E-state index in [2.05, 4.69) is 15.9 Å². The molecule has 0 spiro atoms. The molecule has 0 radical (unpaired) electrons. The monoisotopic (exact) mass is 300 g/mol. The number of halogens is 1. The van der Waals surface area contributed by atoms with E-state index in [0.29, 0.717) is 13.2 Å². The normalized spacial score (nSPS) is 24.4. The number of carbonyl (C=O) groups excluding carboxylic acids is 1. The number of ether oxygens (including phenoxy) is 3. The van der Waals surface area contributed by atoms with Crippen molar-refractivity contribution in [2.45, 2.75) is 12.2 Å². The van der Waals surface area contributed by atoms with Gasteiger partial charge in [-0.25, -0.2) is 4.79 Å². The van der Waals surface area contributed by atoms with Crippen LogP contribution in [-0.4, -0.2) is 32.4 Å². The molecule has 2 rings (SSSR count). The summed E-state index contributed by atoms with van der Waals surface area (Å²) in [5.41, 5.74) is 0.898. The Morgan fingerprint density at radius 2 is 2.18 bits per heavy atom. The van der Waals surface area contributed by atoms with E-state index in [0.717, 1.165) is 10.0 Å². The minimum absolute atomic E-state index is 0.407. The van der Waals surface area contributed by atoms with Crippen LogP contribution in [0.25, 0.3) is 0 Å². The van der Waals surface area contributed by atoms with Gasteiger partial charge in [0.1, 0.15) is 6.10 Å². The van der Waals surface area contributed by atoms with Crippen molar-refractivity contribution < 1.29 is 19.0 Å². The minimum atomic E-state index is -0.692. The van der Waals surface area contributed by atoms with Crippen molar-refractivity contribution in [1.82, 2.24) is 0 Å². The second kappa shape index (κ2) is 5.62. The zero-order valence-electron chi connectivity index (χ0n) is 9.39. The molecule has 1 aliphatic heterocycles. The summed E-state index contributed by atoms with van der Waals surface area (Å²) < 4.78 is 16.7. The van der Waals surface area contributed by atoms with E-state index in [-0.39, 0.29) is 0 Å². The van der Waals surface area contributed by atoms with E-state index in [1.54, 1.807) is 0 Å². The van der Waals surface area contributed by atoms with Crippen LogP contribution in [-0.2, 0) is 19.0 Å². The molecule has 5 heteroatoms. The van der Waals surface area contributed by atoms with E-state index in [1.807, 2.05) is 24.3 Å². The van der Waals surface area contributed by atoms with Crippen LogP contribution in [0.3, 0.4) is 0 Å². The zero-order valence-corrected chi connectivity index (χ0v) is 11.0. The molecule has 17 heavy (non-hydrogen) atoms. The highest BCUT2D eigenvalue weighted by atomic mass is 79.9. The molecule has 1 aliphatic rings. The maximum Gasteiger partial charge on any atom is 0.338 e. The smallest absolute Gasteiger partial charge is 0.338 e. The number of hydrogen-bond donors (Lipinski definition) is 0. The summed E-state index contributed by atoms with van der Waals surface area (Å²) in [6.45, 7) is 0.884. The first-order valence-corrected chi connectivity index (χ1v) is 6.08. The van der Waals surface area contributed by atoms with Gasteiger partial charge in [-0.1, -0.05) is 28.1 Å². The largest absolute Gasteiger partial charge is 0.467 e. The van der Waals surface area contributed by atoms with Crippen LogP contribution in [0, 0.1) is 0 Å². The van der Waals surface area contributed by atoms with Crippen molar-refractivity contribution in [1.29, 1.82) is 0 Å². The third-order valence-electron chi connectivity index (χ3n) is 2.56. The fraction of sp³-hybridized carbons (Fsp3) is 0.417. The van der Waals surface area contributed by atoms with Crippen molar-refractivity contribution in [3.63, 3.8) is 0 Å². The molecule has 92 valence electrons. The predicted octanol–water partition coefficient (Wildman–Crippen LogP) is 2.08. The average Bonchev–Trinajstić information content (AvgIpc) is 2.38. The van der Waals surface area contributed by atoms with Gasteiger partial charge < -0.3 is 14.2 Å². The molecule has 1 aromatic rings. The van der Waals surface area contributed by atoms with Gasteiger partial charge in [0.05, 0.1) is 20.3 Å². The summed E-state index contributed by atoms with van der Waals surface area (Å²) in [6.07, 6.45) is -1.10. The van der Waals surface area contributed by atoms with Crippen molar-refractivity contribution in [3.8, 4) is 0 Å². The average molecular weight is 301 g/mol. The Bertz CT molecular complexity index is 407.